The Morgan fingerprint density at radius 2 is 2.18 bits per heavy atom. The van der Waals surface area contributed by atoms with E-state index in [1.807, 2.05) is 19.1 Å². The predicted octanol–water partition coefficient (Wildman–Crippen LogP) is 3.63. The van der Waals surface area contributed by atoms with E-state index in [4.69, 9.17) is 0 Å². The number of halogens is 1. The number of hydrogen-bond donors (Lipinski definition) is 1. The number of benzene rings is 1. The van der Waals surface area contributed by atoms with Crippen molar-refractivity contribution in [3.05, 3.63) is 35.1 Å². The van der Waals surface area contributed by atoms with E-state index in [0.29, 0.717) is 5.92 Å². The SMILES string of the molecule is CCNCC1CCCC1c1ccc(F)c(C)c1. The summed E-state index contributed by atoms with van der Waals surface area (Å²) >= 11 is 0. The highest BCUT2D eigenvalue weighted by molar-refractivity contribution is 5.28. The minimum atomic E-state index is -0.0880. The van der Waals surface area contributed by atoms with E-state index in [0.717, 1.165) is 24.6 Å². The molecule has 1 fully saturated rings. The van der Waals surface area contributed by atoms with Crippen LogP contribution in [0.25, 0.3) is 0 Å². The first-order valence-corrected chi connectivity index (χ1v) is 6.69. The second-order valence-corrected chi connectivity index (χ2v) is 5.11. The molecule has 2 atom stereocenters. The third-order valence-corrected chi connectivity index (χ3v) is 3.93. The summed E-state index contributed by atoms with van der Waals surface area (Å²) in [5.41, 5.74) is 2.10. The lowest BCUT2D eigenvalue weighted by Crippen LogP contribution is -2.24. The second kappa shape index (κ2) is 5.63. The van der Waals surface area contributed by atoms with Crippen LogP contribution < -0.4 is 5.32 Å². The maximum absolute atomic E-state index is 13.3. The molecule has 2 rings (SSSR count). The highest BCUT2D eigenvalue weighted by Crippen LogP contribution is 2.39. The normalized spacial score (nSPS) is 24.2. The molecule has 2 heteroatoms. The first-order valence-electron chi connectivity index (χ1n) is 6.69. The number of nitrogens with one attached hydrogen (secondary N) is 1. The van der Waals surface area contributed by atoms with Gasteiger partial charge in [0, 0.05) is 0 Å². The van der Waals surface area contributed by atoms with Crippen molar-refractivity contribution < 1.29 is 4.39 Å². The van der Waals surface area contributed by atoms with E-state index in [-0.39, 0.29) is 5.82 Å². The van der Waals surface area contributed by atoms with Gasteiger partial charge >= 0.3 is 0 Å². The molecule has 0 aromatic heterocycles. The van der Waals surface area contributed by atoms with Crippen LogP contribution >= 0.6 is 0 Å². The summed E-state index contributed by atoms with van der Waals surface area (Å²) in [6, 6.07) is 5.62. The Kier molecular flexibility index (Phi) is 4.16. The van der Waals surface area contributed by atoms with Gasteiger partial charge in [-0.05, 0) is 61.9 Å². The van der Waals surface area contributed by atoms with Crippen molar-refractivity contribution >= 4 is 0 Å². The third-order valence-electron chi connectivity index (χ3n) is 3.93. The highest BCUT2D eigenvalue weighted by Gasteiger charge is 2.28. The number of rotatable bonds is 4. The minimum absolute atomic E-state index is 0.0880. The molecule has 17 heavy (non-hydrogen) atoms. The van der Waals surface area contributed by atoms with Crippen molar-refractivity contribution in [2.75, 3.05) is 13.1 Å². The fourth-order valence-electron chi connectivity index (χ4n) is 2.95. The molecule has 1 N–H and O–H groups in total. The van der Waals surface area contributed by atoms with Gasteiger partial charge in [0.05, 0.1) is 0 Å². The lowest BCUT2D eigenvalue weighted by molar-refractivity contribution is 0.449. The van der Waals surface area contributed by atoms with Crippen LogP contribution in [0.5, 0.6) is 0 Å². The van der Waals surface area contributed by atoms with Crippen LogP contribution in [0, 0.1) is 18.7 Å². The maximum atomic E-state index is 13.3. The van der Waals surface area contributed by atoms with Gasteiger partial charge in [-0.3, -0.25) is 0 Å². The average molecular weight is 235 g/mol. The van der Waals surface area contributed by atoms with Crippen LogP contribution in [0.4, 0.5) is 4.39 Å². The molecular weight excluding hydrogens is 213 g/mol. The standard InChI is InChI=1S/C15H22FN/c1-3-17-10-13-5-4-6-14(13)12-7-8-15(16)11(2)9-12/h7-9,13-14,17H,3-6,10H2,1-2H3. The van der Waals surface area contributed by atoms with Gasteiger partial charge in [0.15, 0.2) is 0 Å². The Hall–Kier alpha value is -0.890. The Morgan fingerprint density at radius 3 is 2.88 bits per heavy atom. The summed E-state index contributed by atoms with van der Waals surface area (Å²) in [6.45, 7) is 6.13. The zero-order valence-electron chi connectivity index (χ0n) is 10.8. The molecule has 0 amide bonds. The minimum Gasteiger partial charge on any atom is -0.317 e. The van der Waals surface area contributed by atoms with Gasteiger partial charge in [-0.2, -0.15) is 0 Å². The maximum Gasteiger partial charge on any atom is 0.126 e. The fourth-order valence-corrected chi connectivity index (χ4v) is 2.95. The van der Waals surface area contributed by atoms with E-state index in [1.54, 1.807) is 6.07 Å². The van der Waals surface area contributed by atoms with Crippen LogP contribution in [-0.4, -0.2) is 13.1 Å². The predicted molar refractivity (Wildman–Crippen MR) is 69.8 cm³/mol. The molecule has 2 unspecified atom stereocenters. The second-order valence-electron chi connectivity index (χ2n) is 5.11. The molecule has 0 heterocycles. The van der Waals surface area contributed by atoms with Gasteiger partial charge in [0.2, 0.25) is 0 Å². The fraction of sp³-hybridized carbons (Fsp3) is 0.600. The third kappa shape index (κ3) is 2.86. The Labute approximate surface area is 103 Å². The van der Waals surface area contributed by atoms with Crippen molar-refractivity contribution in [3.63, 3.8) is 0 Å². The highest BCUT2D eigenvalue weighted by atomic mass is 19.1. The molecule has 1 aliphatic carbocycles. The van der Waals surface area contributed by atoms with Gasteiger partial charge in [-0.15, -0.1) is 0 Å². The van der Waals surface area contributed by atoms with Crippen molar-refractivity contribution in [1.29, 1.82) is 0 Å². The van der Waals surface area contributed by atoms with E-state index in [2.05, 4.69) is 12.2 Å². The first-order chi connectivity index (χ1) is 8.22. The Balaban J connectivity index is 2.11. The first kappa shape index (κ1) is 12.6. The van der Waals surface area contributed by atoms with Crippen LogP contribution in [0.3, 0.4) is 0 Å². The molecule has 1 aromatic carbocycles. The Morgan fingerprint density at radius 1 is 1.35 bits per heavy atom. The van der Waals surface area contributed by atoms with Crippen molar-refractivity contribution in [2.24, 2.45) is 5.92 Å². The number of hydrogen-bond acceptors (Lipinski definition) is 1. The molecule has 0 aliphatic heterocycles. The molecule has 1 aliphatic rings. The van der Waals surface area contributed by atoms with E-state index in [9.17, 15) is 4.39 Å². The largest absolute Gasteiger partial charge is 0.317 e. The molecule has 0 spiro atoms. The van der Waals surface area contributed by atoms with Crippen molar-refractivity contribution in [2.45, 2.75) is 39.0 Å². The van der Waals surface area contributed by atoms with Gasteiger partial charge in [0.25, 0.3) is 0 Å². The zero-order valence-corrected chi connectivity index (χ0v) is 10.8. The summed E-state index contributed by atoms with van der Waals surface area (Å²) in [6.07, 6.45) is 3.85. The van der Waals surface area contributed by atoms with Crippen LogP contribution in [0.15, 0.2) is 18.2 Å². The summed E-state index contributed by atoms with van der Waals surface area (Å²) in [5, 5.41) is 3.44. The molecule has 1 aromatic rings. The summed E-state index contributed by atoms with van der Waals surface area (Å²) in [5.74, 6) is 1.25. The summed E-state index contributed by atoms with van der Waals surface area (Å²) in [7, 11) is 0. The number of aryl methyl sites for hydroxylation is 1. The van der Waals surface area contributed by atoms with Gasteiger partial charge in [0.1, 0.15) is 5.82 Å². The molecule has 1 saturated carbocycles. The summed E-state index contributed by atoms with van der Waals surface area (Å²) in [4.78, 5) is 0. The van der Waals surface area contributed by atoms with Gasteiger partial charge in [-0.1, -0.05) is 25.5 Å². The molecule has 0 radical (unpaired) electrons. The van der Waals surface area contributed by atoms with Crippen molar-refractivity contribution in [1.82, 2.24) is 5.32 Å². The molecule has 0 bridgehead atoms. The molecule has 1 nitrogen and oxygen atoms in total. The zero-order chi connectivity index (χ0) is 12.3. The van der Waals surface area contributed by atoms with Gasteiger partial charge in [-0.25, -0.2) is 4.39 Å². The molecule has 94 valence electrons. The van der Waals surface area contributed by atoms with Crippen LogP contribution in [0.2, 0.25) is 0 Å². The topological polar surface area (TPSA) is 12.0 Å². The monoisotopic (exact) mass is 235 g/mol. The van der Waals surface area contributed by atoms with Crippen LogP contribution in [0.1, 0.15) is 43.2 Å². The summed E-state index contributed by atoms with van der Waals surface area (Å²) < 4.78 is 13.3. The molecule has 0 saturated heterocycles. The lowest BCUT2D eigenvalue weighted by atomic mass is 9.88. The molecular formula is C15H22FN. The Bertz CT molecular complexity index is 375. The van der Waals surface area contributed by atoms with E-state index < -0.39 is 0 Å². The van der Waals surface area contributed by atoms with Gasteiger partial charge < -0.3 is 5.32 Å². The van der Waals surface area contributed by atoms with Crippen LogP contribution in [-0.2, 0) is 0 Å². The lowest BCUT2D eigenvalue weighted by Gasteiger charge is -2.20. The quantitative estimate of drug-likeness (QED) is 0.840. The average Bonchev–Trinajstić information content (AvgIpc) is 2.78. The van der Waals surface area contributed by atoms with E-state index >= 15 is 0 Å². The smallest absolute Gasteiger partial charge is 0.126 e. The van der Waals surface area contributed by atoms with E-state index in [1.165, 1.54) is 24.8 Å². The van der Waals surface area contributed by atoms with Crippen molar-refractivity contribution in [3.8, 4) is 0 Å².